The van der Waals surface area contributed by atoms with Crippen molar-refractivity contribution in [1.82, 2.24) is 15.3 Å². The average Bonchev–Trinajstić information content (AvgIpc) is 2.39. The van der Waals surface area contributed by atoms with Crippen molar-refractivity contribution < 1.29 is 14.6 Å². The molecule has 96 valence electrons. The van der Waals surface area contributed by atoms with Gasteiger partial charge < -0.3 is 15.2 Å². The molecule has 0 amide bonds. The van der Waals surface area contributed by atoms with Crippen LogP contribution in [0.3, 0.4) is 0 Å². The number of carboxylic acids is 1. The summed E-state index contributed by atoms with van der Waals surface area (Å²) in [6.45, 7) is 2.89. The van der Waals surface area contributed by atoms with Crippen LogP contribution in [0.15, 0.2) is 12.5 Å². The quantitative estimate of drug-likeness (QED) is 0.770. The Morgan fingerprint density at radius 3 is 3.33 bits per heavy atom. The van der Waals surface area contributed by atoms with Crippen molar-refractivity contribution in [2.45, 2.75) is 11.8 Å². The summed E-state index contributed by atoms with van der Waals surface area (Å²) in [6, 6.07) is 0. The zero-order valence-electron chi connectivity index (χ0n) is 9.93. The van der Waals surface area contributed by atoms with Gasteiger partial charge in [0.1, 0.15) is 6.33 Å². The van der Waals surface area contributed by atoms with E-state index in [1.54, 1.807) is 0 Å². The molecular formula is C12H15N3O3. The molecule has 2 N–H and O–H groups in total. The highest BCUT2D eigenvalue weighted by molar-refractivity contribution is 5.88. The number of fused-ring (bicyclic) bond motifs is 2. The standard InChI is InChI=1S/C12H15N3O3/c16-11(17)9-3-14-7-15-10(9)12-1-8(2-13-5-12)4-18-6-12/h3,7-8,13H,1-2,4-6H2,(H,16,17). The third-order valence-electron chi connectivity index (χ3n) is 3.75. The van der Waals surface area contributed by atoms with Crippen molar-refractivity contribution in [3.63, 3.8) is 0 Å². The van der Waals surface area contributed by atoms with Crippen LogP contribution >= 0.6 is 0 Å². The predicted molar refractivity (Wildman–Crippen MR) is 62.5 cm³/mol. The summed E-state index contributed by atoms with van der Waals surface area (Å²) in [5.74, 6) is -0.545. The molecule has 2 fully saturated rings. The third-order valence-corrected chi connectivity index (χ3v) is 3.75. The topological polar surface area (TPSA) is 84.3 Å². The number of piperidine rings is 1. The molecule has 0 spiro atoms. The molecule has 6 heteroatoms. The van der Waals surface area contributed by atoms with E-state index >= 15 is 0 Å². The minimum atomic E-state index is -0.979. The lowest BCUT2D eigenvalue weighted by molar-refractivity contribution is -0.0231. The monoisotopic (exact) mass is 249 g/mol. The maximum absolute atomic E-state index is 11.3. The molecule has 0 saturated carbocycles. The molecule has 3 heterocycles. The minimum Gasteiger partial charge on any atom is -0.478 e. The highest BCUT2D eigenvalue weighted by Gasteiger charge is 2.44. The highest BCUT2D eigenvalue weighted by Crippen LogP contribution is 2.37. The lowest BCUT2D eigenvalue weighted by Crippen LogP contribution is -2.55. The van der Waals surface area contributed by atoms with Crippen molar-refractivity contribution in [2.75, 3.05) is 26.3 Å². The fourth-order valence-electron chi connectivity index (χ4n) is 3.02. The molecule has 6 nitrogen and oxygen atoms in total. The van der Waals surface area contributed by atoms with Gasteiger partial charge in [-0.25, -0.2) is 14.8 Å². The Balaban J connectivity index is 2.05. The van der Waals surface area contributed by atoms with Gasteiger partial charge in [0.25, 0.3) is 0 Å². The summed E-state index contributed by atoms with van der Waals surface area (Å²) >= 11 is 0. The van der Waals surface area contributed by atoms with Crippen LogP contribution in [-0.4, -0.2) is 47.3 Å². The van der Waals surface area contributed by atoms with E-state index in [0.29, 0.717) is 24.8 Å². The SMILES string of the molecule is O=C(O)c1cncnc1C12CNCC(COC1)C2. The van der Waals surface area contributed by atoms with Gasteiger partial charge in [0.05, 0.1) is 24.5 Å². The van der Waals surface area contributed by atoms with Gasteiger partial charge in [0.2, 0.25) is 0 Å². The van der Waals surface area contributed by atoms with Crippen LogP contribution < -0.4 is 5.32 Å². The van der Waals surface area contributed by atoms with Crippen molar-refractivity contribution in [3.8, 4) is 0 Å². The van der Waals surface area contributed by atoms with Gasteiger partial charge in [0.15, 0.2) is 0 Å². The summed E-state index contributed by atoms with van der Waals surface area (Å²) in [5.41, 5.74) is 0.463. The minimum absolute atomic E-state index is 0.186. The van der Waals surface area contributed by atoms with E-state index in [1.807, 2.05) is 0 Å². The zero-order valence-corrected chi connectivity index (χ0v) is 9.93. The Morgan fingerprint density at radius 1 is 1.61 bits per heavy atom. The van der Waals surface area contributed by atoms with Crippen molar-refractivity contribution in [3.05, 3.63) is 23.8 Å². The molecule has 0 radical (unpaired) electrons. The second-order valence-electron chi connectivity index (χ2n) is 5.09. The summed E-state index contributed by atoms with van der Waals surface area (Å²) in [5, 5.41) is 12.6. The first kappa shape index (κ1) is 11.6. The number of nitrogens with zero attached hydrogens (tertiary/aromatic N) is 2. The summed E-state index contributed by atoms with van der Waals surface area (Å²) in [6.07, 6.45) is 3.71. The number of hydrogen-bond acceptors (Lipinski definition) is 5. The van der Waals surface area contributed by atoms with Gasteiger partial charge in [0, 0.05) is 24.7 Å². The van der Waals surface area contributed by atoms with Gasteiger partial charge >= 0.3 is 5.97 Å². The molecule has 2 unspecified atom stereocenters. The van der Waals surface area contributed by atoms with E-state index < -0.39 is 5.97 Å². The number of hydrogen-bond donors (Lipinski definition) is 2. The average molecular weight is 249 g/mol. The third kappa shape index (κ3) is 1.77. The van der Waals surface area contributed by atoms with E-state index in [1.165, 1.54) is 12.5 Å². The second-order valence-corrected chi connectivity index (χ2v) is 5.09. The van der Waals surface area contributed by atoms with E-state index in [-0.39, 0.29) is 11.0 Å². The maximum Gasteiger partial charge on any atom is 0.339 e. The molecule has 1 aromatic rings. The van der Waals surface area contributed by atoms with Crippen LogP contribution in [0, 0.1) is 5.92 Å². The highest BCUT2D eigenvalue weighted by atomic mass is 16.5. The fraction of sp³-hybridized carbons (Fsp3) is 0.583. The smallest absolute Gasteiger partial charge is 0.339 e. The number of aromatic nitrogens is 2. The van der Waals surface area contributed by atoms with Crippen molar-refractivity contribution in [2.24, 2.45) is 5.92 Å². The lowest BCUT2D eigenvalue weighted by Gasteiger charge is -2.45. The zero-order chi connectivity index (χ0) is 12.6. The number of aromatic carboxylic acids is 1. The molecule has 2 aliphatic rings. The van der Waals surface area contributed by atoms with Crippen LogP contribution in [0.4, 0.5) is 0 Å². The van der Waals surface area contributed by atoms with Crippen molar-refractivity contribution >= 4 is 5.97 Å². The normalized spacial score (nSPS) is 31.0. The molecule has 2 aliphatic heterocycles. The van der Waals surface area contributed by atoms with Gasteiger partial charge in [-0.2, -0.15) is 0 Å². The Bertz CT molecular complexity index is 467. The number of rotatable bonds is 2. The molecule has 1 aromatic heterocycles. The van der Waals surface area contributed by atoms with Crippen LogP contribution in [-0.2, 0) is 10.2 Å². The first-order valence-corrected chi connectivity index (χ1v) is 6.03. The predicted octanol–water partition coefficient (Wildman–Crippen LogP) is 0.0523. The largest absolute Gasteiger partial charge is 0.478 e. The molecule has 2 atom stereocenters. The molecule has 0 aromatic carbocycles. The second kappa shape index (κ2) is 4.29. The van der Waals surface area contributed by atoms with Gasteiger partial charge in [-0.05, 0) is 12.3 Å². The Morgan fingerprint density at radius 2 is 2.50 bits per heavy atom. The Kier molecular flexibility index (Phi) is 2.76. The summed E-state index contributed by atoms with van der Waals surface area (Å²) < 4.78 is 5.64. The molecule has 2 saturated heterocycles. The van der Waals surface area contributed by atoms with Crippen molar-refractivity contribution in [1.29, 1.82) is 0 Å². The van der Waals surface area contributed by atoms with Gasteiger partial charge in [-0.15, -0.1) is 0 Å². The lowest BCUT2D eigenvalue weighted by atomic mass is 9.72. The molecule has 2 bridgehead atoms. The van der Waals surface area contributed by atoms with Crippen LogP contribution in [0.2, 0.25) is 0 Å². The van der Waals surface area contributed by atoms with E-state index in [4.69, 9.17) is 4.74 Å². The summed E-state index contributed by atoms with van der Waals surface area (Å²) in [7, 11) is 0. The summed E-state index contributed by atoms with van der Waals surface area (Å²) in [4.78, 5) is 19.3. The molecule has 3 rings (SSSR count). The first-order chi connectivity index (χ1) is 8.71. The van der Waals surface area contributed by atoms with Crippen LogP contribution in [0.5, 0.6) is 0 Å². The number of nitrogens with one attached hydrogen (secondary N) is 1. The Labute approximate surface area is 104 Å². The molecule has 18 heavy (non-hydrogen) atoms. The first-order valence-electron chi connectivity index (χ1n) is 6.03. The van der Waals surface area contributed by atoms with E-state index in [2.05, 4.69) is 15.3 Å². The Hall–Kier alpha value is -1.53. The number of carboxylic acid groups (broad SMARTS) is 1. The fourth-order valence-corrected chi connectivity index (χ4v) is 3.02. The van der Waals surface area contributed by atoms with Gasteiger partial charge in [-0.3, -0.25) is 0 Å². The van der Waals surface area contributed by atoms with E-state index in [0.717, 1.165) is 19.6 Å². The van der Waals surface area contributed by atoms with E-state index in [9.17, 15) is 9.90 Å². The number of carbonyl (C=O) groups is 1. The van der Waals surface area contributed by atoms with Crippen LogP contribution in [0.25, 0.3) is 0 Å². The van der Waals surface area contributed by atoms with Crippen LogP contribution in [0.1, 0.15) is 22.5 Å². The molecule has 0 aliphatic carbocycles. The maximum atomic E-state index is 11.3. The van der Waals surface area contributed by atoms with Gasteiger partial charge in [-0.1, -0.05) is 0 Å². The molecular weight excluding hydrogens is 234 g/mol. The number of ether oxygens (including phenoxy) is 1.